The lowest BCUT2D eigenvalue weighted by molar-refractivity contribution is -0.119. The number of nitrogens with one attached hydrogen (secondary N) is 1. The van der Waals surface area contributed by atoms with Crippen LogP contribution < -0.4 is 10.1 Å². The molecule has 2 aromatic carbocycles. The summed E-state index contributed by atoms with van der Waals surface area (Å²) in [5, 5.41) is 6.61. The summed E-state index contributed by atoms with van der Waals surface area (Å²) in [7, 11) is 0. The maximum absolute atomic E-state index is 12.1. The number of hydrogen-bond donors (Lipinski definition) is 1. The predicted octanol–water partition coefficient (Wildman–Crippen LogP) is 4.22. The molecule has 1 heterocycles. The molecular formula is C19H15ClN2O5. The topological polar surface area (TPSA) is 90.7 Å². The highest BCUT2D eigenvalue weighted by atomic mass is 35.5. The van der Waals surface area contributed by atoms with Crippen LogP contribution in [0.15, 0.2) is 59.1 Å². The highest BCUT2D eigenvalue weighted by molar-refractivity contribution is 6.31. The molecule has 0 aliphatic rings. The first-order valence-corrected chi connectivity index (χ1v) is 8.32. The molecule has 0 aliphatic carbocycles. The average molecular weight is 387 g/mol. The number of anilines is 1. The van der Waals surface area contributed by atoms with Gasteiger partial charge in [0.15, 0.2) is 12.4 Å². The van der Waals surface area contributed by atoms with Crippen LogP contribution in [0.4, 0.5) is 5.69 Å². The lowest BCUT2D eigenvalue weighted by atomic mass is 10.2. The third kappa shape index (κ3) is 5.08. The van der Waals surface area contributed by atoms with Gasteiger partial charge in [0.05, 0.1) is 11.4 Å². The van der Waals surface area contributed by atoms with Crippen molar-refractivity contribution in [3.05, 3.63) is 71.1 Å². The van der Waals surface area contributed by atoms with Gasteiger partial charge in [-0.25, -0.2) is 4.79 Å². The number of para-hydroxylation sites is 1. The number of carbonyl (C=O) groups is 2. The molecule has 0 aliphatic heterocycles. The monoisotopic (exact) mass is 386 g/mol. The highest BCUT2D eigenvalue weighted by Crippen LogP contribution is 2.31. The molecule has 1 aromatic heterocycles. The number of hydrogen-bond acceptors (Lipinski definition) is 6. The van der Waals surface area contributed by atoms with E-state index in [0.29, 0.717) is 27.9 Å². The molecule has 3 rings (SSSR count). The van der Waals surface area contributed by atoms with Crippen LogP contribution in [0, 0.1) is 6.92 Å². The Labute approximate surface area is 159 Å². The van der Waals surface area contributed by atoms with Gasteiger partial charge in [-0.1, -0.05) is 35.0 Å². The van der Waals surface area contributed by atoms with Gasteiger partial charge < -0.3 is 19.3 Å². The van der Waals surface area contributed by atoms with Gasteiger partial charge in [-0.15, -0.1) is 0 Å². The summed E-state index contributed by atoms with van der Waals surface area (Å²) in [5.41, 5.74) is 0.885. The summed E-state index contributed by atoms with van der Waals surface area (Å²) >= 11 is 6.00. The average Bonchev–Trinajstić information content (AvgIpc) is 3.09. The predicted molar refractivity (Wildman–Crippen MR) is 98.1 cm³/mol. The Kier molecular flexibility index (Phi) is 5.73. The normalized spacial score (nSPS) is 10.3. The summed E-state index contributed by atoms with van der Waals surface area (Å²) in [6.45, 7) is 1.16. The number of aromatic nitrogens is 1. The fourth-order valence-electron chi connectivity index (χ4n) is 2.15. The van der Waals surface area contributed by atoms with Crippen molar-refractivity contribution in [1.82, 2.24) is 5.16 Å². The summed E-state index contributed by atoms with van der Waals surface area (Å²) in [6, 6.07) is 15.3. The molecule has 0 bridgehead atoms. The molecule has 1 amide bonds. The van der Waals surface area contributed by atoms with Crippen LogP contribution in [0.2, 0.25) is 5.02 Å². The molecular weight excluding hydrogens is 372 g/mol. The Balaban J connectivity index is 1.64. The molecule has 8 heteroatoms. The number of ether oxygens (including phenoxy) is 2. The van der Waals surface area contributed by atoms with Gasteiger partial charge in [-0.3, -0.25) is 4.79 Å². The maximum Gasteiger partial charge on any atom is 0.377 e. The molecule has 1 N–H and O–H groups in total. The summed E-state index contributed by atoms with van der Waals surface area (Å²) < 4.78 is 15.4. The SMILES string of the molecule is Cc1cc(C(=O)OCC(=O)Nc2cc(Cl)ccc2Oc2ccccc2)on1. The zero-order valence-electron chi connectivity index (χ0n) is 14.3. The van der Waals surface area contributed by atoms with Crippen LogP contribution in [0.25, 0.3) is 0 Å². The van der Waals surface area contributed by atoms with E-state index in [1.54, 1.807) is 37.3 Å². The Morgan fingerprint density at radius 3 is 2.63 bits per heavy atom. The Hall–Kier alpha value is -3.32. The number of benzene rings is 2. The van der Waals surface area contributed by atoms with Crippen molar-refractivity contribution < 1.29 is 23.6 Å². The van der Waals surface area contributed by atoms with Gasteiger partial charge in [0.25, 0.3) is 5.91 Å². The van der Waals surface area contributed by atoms with Gasteiger partial charge in [0.1, 0.15) is 5.75 Å². The first kappa shape index (κ1) is 18.5. The van der Waals surface area contributed by atoms with E-state index in [1.807, 2.05) is 18.2 Å². The van der Waals surface area contributed by atoms with Crippen molar-refractivity contribution in [2.45, 2.75) is 6.92 Å². The maximum atomic E-state index is 12.1. The van der Waals surface area contributed by atoms with E-state index < -0.39 is 18.5 Å². The fraction of sp³-hybridized carbons (Fsp3) is 0.105. The number of aryl methyl sites for hydroxylation is 1. The second-order valence-corrected chi connectivity index (χ2v) is 5.95. The van der Waals surface area contributed by atoms with Crippen LogP contribution in [0.1, 0.15) is 16.2 Å². The summed E-state index contributed by atoms with van der Waals surface area (Å²) in [5.74, 6) is -0.410. The quantitative estimate of drug-likeness (QED) is 0.638. The van der Waals surface area contributed by atoms with E-state index in [9.17, 15) is 9.59 Å². The van der Waals surface area contributed by atoms with Crippen molar-refractivity contribution in [3.63, 3.8) is 0 Å². The van der Waals surface area contributed by atoms with E-state index in [0.717, 1.165) is 0 Å². The molecule has 0 fully saturated rings. The van der Waals surface area contributed by atoms with Crippen LogP contribution in [-0.4, -0.2) is 23.6 Å². The Bertz CT molecular complexity index is 956. The van der Waals surface area contributed by atoms with Crippen molar-refractivity contribution >= 4 is 29.2 Å². The molecule has 27 heavy (non-hydrogen) atoms. The van der Waals surface area contributed by atoms with Gasteiger partial charge >= 0.3 is 5.97 Å². The molecule has 3 aromatic rings. The third-order valence-electron chi connectivity index (χ3n) is 3.35. The van der Waals surface area contributed by atoms with Crippen LogP contribution in [-0.2, 0) is 9.53 Å². The zero-order chi connectivity index (χ0) is 19.2. The van der Waals surface area contributed by atoms with E-state index in [2.05, 4.69) is 10.5 Å². The highest BCUT2D eigenvalue weighted by Gasteiger charge is 2.16. The Morgan fingerprint density at radius 2 is 1.93 bits per heavy atom. The molecule has 0 saturated carbocycles. The van der Waals surface area contributed by atoms with E-state index >= 15 is 0 Å². The van der Waals surface area contributed by atoms with Crippen molar-refractivity contribution in [2.75, 3.05) is 11.9 Å². The second-order valence-electron chi connectivity index (χ2n) is 5.51. The van der Waals surface area contributed by atoms with Gasteiger partial charge in [0.2, 0.25) is 5.76 Å². The first-order chi connectivity index (χ1) is 13.0. The first-order valence-electron chi connectivity index (χ1n) is 7.94. The fourth-order valence-corrected chi connectivity index (χ4v) is 2.32. The van der Waals surface area contributed by atoms with Crippen molar-refractivity contribution in [3.8, 4) is 11.5 Å². The van der Waals surface area contributed by atoms with Crippen molar-refractivity contribution in [1.29, 1.82) is 0 Å². The number of halogens is 1. The minimum Gasteiger partial charge on any atom is -0.455 e. The third-order valence-corrected chi connectivity index (χ3v) is 3.59. The molecule has 0 unspecified atom stereocenters. The van der Waals surface area contributed by atoms with E-state index in [4.69, 9.17) is 25.6 Å². The second kappa shape index (κ2) is 8.37. The van der Waals surface area contributed by atoms with E-state index in [-0.39, 0.29) is 5.76 Å². The standard InChI is InChI=1S/C19H15ClN2O5/c1-12-9-17(27-22-12)19(24)25-11-18(23)21-15-10-13(20)7-8-16(15)26-14-5-3-2-4-6-14/h2-10H,11H2,1H3,(H,21,23). The lowest BCUT2D eigenvalue weighted by Crippen LogP contribution is -2.21. The van der Waals surface area contributed by atoms with E-state index in [1.165, 1.54) is 6.07 Å². The number of carbonyl (C=O) groups excluding carboxylic acids is 2. The van der Waals surface area contributed by atoms with Crippen molar-refractivity contribution in [2.24, 2.45) is 0 Å². The van der Waals surface area contributed by atoms with Crippen LogP contribution >= 0.6 is 11.6 Å². The summed E-state index contributed by atoms with van der Waals surface area (Å²) in [4.78, 5) is 23.9. The molecule has 0 atom stereocenters. The minimum absolute atomic E-state index is 0.0730. The Morgan fingerprint density at radius 1 is 1.15 bits per heavy atom. The van der Waals surface area contributed by atoms with Gasteiger partial charge in [0, 0.05) is 11.1 Å². The summed E-state index contributed by atoms with van der Waals surface area (Å²) in [6.07, 6.45) is 0. The molecule has 138 valence electrons. The lowest BCUT2D eigenvalue weighted by Gasteiger charge is -2.12. The van der Waals surface area contributed by atoms with Gasteiger partial charge in [-0.2, -0.15) is 0 Å². The molecule has 0 saturated heterocycles. The minimum atomic E-state index is -0.780. The number of rotatable bonds is 6. The molecule has 0 spiro atoms. The largest absolute Gasteiger partial charge is 0.455 e. The number of amides is 1. The molecule has 0 radical (unpaired) electrons. The number of esters is 1. The number of nitrogens with zero attached hydrogens (tertiary/aromatic N) is 1. The smallest absolute Gasteiger partial charge is 0.377 e. The van der Waals surface area contributed by atoms with Gasteiger partial charge in [-0.05, 0) is 37.3 Å². The van der Waals surface area contributed by atoms with Crippen LogP contribution in [0.3, 0.4) is 0 Å². The van der Waals surface area contributed by atoms with Crippen LogP contribution in [0.5, 0.6) is 11.5 Å². The molecule has 7 nitrogen and oxygen atoms in total. The zero-order valence-corrected chi connectivity index (χ0v) is 15.0.